The summed E-state index contributed by atoms with van der Waals surface area (Å²) in [5.41, 5.74) is 1.77. The van der Waals surface area contributed by atoms with E-state index in [1.807, 2.05) is 24.3 Å². The maximum absolute atomic E-state index is 13.3. The fourth-order valence-corrected chi connectivity index (χ4v) is 4.68. The minimum atomic E-state index is -0.612. The zero-order chi connectivity index (χ0) is 22.5. The Morgan fingerprint density at radius 3 is 2.56 bits per heavy atom. The summed E-state index contributed by atoms with van der Waals surface area (Å²) in [5.74, 6) is 1.05. The largest absolute Gasteiger partial charge is 0.490 e. The monoisotopic (exact) mass is 454 g/mol. The Balaban J connectivity index is 1.38. The first kappa shape index (κ1) is 22.5. The van der Waals surface area contributed by atoms with Gasteiger partial charge in [-0.3, -0.25) is 4.79 Å². The number of fused-ring (bicyclic) bond motifs is 1. The first-order valence-electron chi connectivity index (χ1n) is 11.2. The lowest BCUT2D eigenvalue weighted by molar-refractivity contribution is 0.0872. The molecule has 4 rings (SSSR count). The van der Waals surface area contributed by atoms with Gasteiger partial charge in [-0.2, -0.15) is 0 Å². The Labute approximate surface area is 193 Å². The normalized spacial score (nSPS) is 19.5. The van der Waals surface area contributed by atoms with Gasteiger partial charge in [0.15, 0.2) is 0 Å². The molecule has 0 radical (unpaired) electrons. The fourth-order valence-electron chi connectivity index (χ4n) is 4.56. The van der Waals surface area contributed by atoms with Crippen LogP contribution in [-0.2, 0) is 6.67 Å². The third kappa shape index (κ3) is 5.21. The third-order valence-corrected chi connectivity index (χ3v) is 6.56. The number of nitrogens with one attached hydrogen (secondary N) is 1. The standard InChI is InChI=1S/C26H28ClFN2O2/c1-2-23(30-26(31)18-7-11-19(27)12-8-18)17-9-13-21(14-10-17)32-25-15-20(16-28)29-24-6-4-3-5-22(24)25/h3-8,11-12,15,17,21,23H,2,9-10,13-14,16H2,1H3,(H,30,31)/t17-,21+,23-/m0/s1. The lowest BCUT2D eigenvalue weighted by Gasteiger charge is -2.34. The van der Waals surface area contributed by atoms with Crippen LogP contribution in [0.2, 0.25) is 5.02 Å². The maximum Gasteiger partial charge on any atom is 0.251 e. The van der Waals surface area contributed by atoms with Crippen molar-refractivity contribution >= 4 is 28.4 Å². The Hall–Kier alpha value is -2.66. The van der Waals surface area contributed by atoms with Crippen LogP contribution >= 0.6 is 11.6 Å². The summed E-state index contributed by atoms with van der Waals surface area (Å²) in [6, 6.07) is 16.5. The van der Waals surface area contributed by atoms with E-state index in [-0.39, 0.29) is 18.1 Å². The average molecular weight is 455 g/mol. The van der Waals surface area contributed by atoms with E-state index >= 15 is 0 Å². The molecule has 6 heteroatoms. The van der Waals surface area contributed by atoms with E-state index in [2.05, 4.69) is 17.2 Å². The van der Waals surface area contributed by atoms with Crippen LogP contribution in [0.5, 0.6) is 5.75 Å². The molecule has 1 aliphatic rings. The van der Waals surface area contributed by atoms with Crippen molar-refractivity contribution in [2.45, 2.75) is 57.8 Å². The number of amides is 1. The fraction of sp³-hybridized carbons (Fsp3) is 0.385. The van der Waals surface area contributed by atoms with Crippen molar-refractivity contribution in [2.75, 3.05) is 0 Å². The van der Waals surface area contributed by atoms with Crippen LogP contribution < -0.4 is 10.1 Å². The van der Waals surface area contributed by atoms with Crippen LogP contribution in [0.4, 0.5) is 4.39 Å². The molecule has 1 amide bonds. The minimum Gasteiger partial charge on any atom is -0.490 e. The summed E-state index contributed by atoms with van der Waals surface area (Å²) in [6.07, 6.45) is 4.71. The van der Waals surface area contributed by atoms with Gasteiger partial charge in [0.05, 0.1) is 17.3 Å². The van der Waals surface area contributed by atoms with Crippen LogP contribution in [-0.4, -0.2) is 23.0 Å². The van der Waals surface area contributed by atoms with E-state index in [1.54, 1.807) is 30.3 Å². The number of carbonyl (C=O) groups excluding carboxylic acids is 1. The molecular weight excluding hydrogens is 427 g/mol. The van der Waals surface area contributed by atoms with Gasteiger partial charge in [-0.1, -0.05) is 30.7 Å². The van der Waals surface area contributed by atoms with Crippen LogP contribution in [0.15, 0.2) is 54.6 Å². The smallest absolute Gasteiger partial charge is 0.251 e. The number of benzene rings is 2. The van der Waals surface area contributed by atoms with Crippen molar-refractivity contribution in [2.24, 2.45) is 5.92 Å². The van der Waals surface area contributed by atoms with Gasteiger partial charge in [-0.05, 0) is 74.4 Å². The molecule has 0 saturated heterocycles. The molecule has 0 spiro atoms. The number of hydrogen-bond acceptors (Lipinski definition) is 3. The second-order valence-corrected chi connectivity index (χ2v) is 8.85. The van der Waals surface area contributed by atoms with E-state index < -0.39 is 6.67 Å². The van der Waals surface area contributed by atoms with Crippen molar-refractivity contribution in [1.82, 2.24) is 10.3 Å². The highest BCUT2D eigenvalue weighted by atomic mass is 35.5. The molecule has 0 aliphatic heterocycles. The Kier molecular flexibility index (Phi) is 7.26. The number of para-hydroxylation sites is 1. The molecule has 3 aromatic rings. The SMILES string of the molecule is CC[C@H](NC(=O)c1ccc(Cl)cc1)[C@H]1CC[C@@H](Oc2cc(CF)nc3ccccc23)CC1. The quantitative estimate of drug-likeness (QED) is 0.443. The Morgan fingerprint density at radius 2 is 1.88 bits per heavy atom. The van der Waals surface area contributed by atoms with E-state index in [4.69, 9.17) is 16.3 Å². The van der Waals surface area contributed by atoms with Gasteiger partial charge in [-0.25, -0.2) is 9.37 Å². The van der Waals surface area contributed by atoms with Crippen molar-refractivity contribution < 1.29 is 13.9 Å². The molecule has 1 atom stereocenters. The lowest BCUT2D eigenvalue weighted by atomic mass is 9.81. The number of alkyl halides is 1. The molecular formula is C26H28ClFN2O2. The predicted octanol–water partition coefficient (Wildman–Crippen LogP) is 6.50. The Morgan fingerprint density at radius 1 is 1.16 bits per heavy atom. The molecule has 1 saturated carbocycles. The molecule has 1 aliphatic carbocycles. The molecule has 2 aromatic carbocycles. The molecule has 0 unspecified atom stereocenters. The molecule has 32 heavy (non-hydrogen) atoms. The van der Waals surface area contributed by atoms with Crippen molar-refractivity contribution in [3.8, 4) is 5.75 Å². The van der Waals surface area contributed by atoms with Crippen molar-refractivity contribution in [3.63, 3.8) is 0 Å². The minimum absolute atomic E-state index is 0.0612. The van der Waals surface area contributed by atoms with Gasteiger partial charge in [0, 0.05) is 28.1 Å². The zero-order valence-corrected chi connectivity index (χ0v) is 18.9. The number of halogens is 2. The number of hydrogen-bond donors (Lipinski definition) is 1. The van der Waals surface area contributed by atoms with Crippen LogP contribution in [0, 0.1) is 5.92 Å². The van der Waals surface area contributed by atoms with E-state index in [0.29, 0.717) is 27.9 Å². The van der Waals surface area contributed by atoms with Gasteiger partial charge < -0.3 is 10.1 Å². The van der Waals surface area contributed by atoms with Gasteiger partial charge >= 0.3 is 0 Å². The highest BCUT2D eigenvalue weighted by Gasteiger charge is 2.29. The summed E-state index contributed by atoms with van der Waals surface area (Å²) in [7, 11) is 0. The third-order valence-electron chi connectivity index (χ3n) is 6.31. The first-order valence-corrected chi connectivity index (χ1v) is 11.6. The highest BCUT2D eigenvalue weighted by Crippen LogP contribution is 2.33. The maximum atomic E-state index is 13.3. The first-order chi connectivity index (χ1) is 15.6. The number of carbonyl (C=O) groups is 1. The van der Waals surface area contributed by atoms with Gasteiger partial charge in [-0.15, -0.1) is 0 Å². The molecule has 168 valence electrons. The molecule has 0 bridgehead atoms. The summed E-state index contributed by atoms with van der Waals surface area (Å²) in [4.78, 5) is 17.0. The van der Waals surface area contributed by atoms with Gasteiger partial charge in [0.2, 0.25) is 0 Å². The van der Waals surface area contributed by atoms with E-state index in [1.165, 1.54) is 0 Å². The van der Waals surface area contributed by atoms with Crippen LogP contribution in [0.3, 0.4) is 0 Å². The highest BCUT2D eigenvalue weighted by molar-refractivity contribution is 6.30. The number of ether oxygens (including phenoxy) is 1. The van der Waals surface area contributed by atoms with Crippen molar-refractivity contribution in [3.05, 3.63) is 70.9 Å². The lowest BCUT2D eigenvalue weighted by Crippen LogP contribution is -2.42. The zero-order valence-electron chi connectivity index (χ0n) is 18.2. The number of nitrogens with zero attached hydrogens (tertiary/aromatic N) is 1. The molecule has 1 fully saturated rings. The van der Waals surface area contributed by atoms with Crippen molar-refractivity contribution in [1.29, 1.82) is 0 Å². The van der Waals surface area contributed by atoms with Crippen LogP contribution in [0.25, 0.3) is 10.9 Å². The van der Waals surface area contributed by atoms with E-state index in [0.717, 1.165) is 43.0 Å². The number of pyridine rings is 1. The second kappa shape index (κ2) is 10.3. The molecule has 1 N–H and O–H groups in total. The summed E-state index contributed by atoms with van der Waals surface area (Å²) >= 11 is 5.93. The van der Waals surface area contributed by atoms with E-state index in [9.17, 15) is 9.18 Å². The predicted molar refractivity (Wildman–Crippen MR) is 126 cm³/mol. The topological polar surface area (TPSA) is 51.2 Å². The second-order valence-electron chi connectivity index (χ2n) is 8.41. The summed E-state index contributed by atoms with van der Waals surface area (Å²) in [6.45, 7) is 1.50. The van der Waals surface area contributed by atoms with Crippen LogP contribution in [0.1, 0.15) is 55.1 Å². The molecule has 1 aromatic heterocycles. The number of rotatable bonds is 7. The van der Waals surface area contributed by atoms with Gasteiger partial charge in [0.25, 0.3) is 5.91 Å². The Bertz CT molecular complexity index is 1070. The average Bonchev–Trinajstić information content (AvgIpc) is 2.83. The molecule has 1 heterocycles. The molecule has 4 nitrogen and oxygen atoms in total. The van der Waals surface area contributed by atoms with Gasteiger partial charge in [0.1, 0.15) is 12.4 Å². The summed E-state index contributed by atoms with van der Waals surface area (Å²) < 4.78 is 19.6. The number of aromatic nitrogens is 1. The summed E-state index contributed by atoms with van der Waals surface area (Å²) in [5, 5.41) is 4.73.